The lowest BCUT2D eigenvalue weighted by atomic mass is 9.98. The highest BCUT2D eigenvalue weighted by atomic mass is 16.7. The second-order valence-electron chi connectivity index (χ2n) is 23.5. The molecule has 12 nitrogen and oxygen atoms in total. The van der Waals surface area contributed by atoms with Crippen molar-refractivity contribution in [2.75, 3.05) is 13.2 Å². The van der Waals surface area contributed by atoms with Gasteiger partial charge in [0.2, 0.25) is 0 Å². The van der Waals surface area contributed by atoms with Crippen molar-refractivity contribution in [3.8, 4) is 0 Å². The van der Waals surface area contributed by atoms with Gasteiger partial charge >= 0.3 is 23.9 Å². The zero-order valence-corrected chi connectivity index (χ0v) is 53.2. The molecule has 1 saturated heterocycles. The minimum absolute atomic E-state index is 0.0497. The van der Waals surface area contributed by atoms with E-state index >= 15 is 0 Å². The van der Waals surface area contributed by atoms with Crippen LogP contribution < -0.4 is 0 Å². The van der Waals surface area contributed by atoms with E-state index in [1.165, 1.54) is 148 Å². The van der Waals surface area contributed by atoms with Gasteiger partial charge in [0.05, 0.1) is 6.61 Å². The maximum absolute atomic E-state index is 13.2. The van der Waals surface area contributed by atoms with Crippen LogP contribution in [0.3, 0.4) is 0 Å². The molecule has 3 N–H and O–H groups in total. The Kier molecular flexibility index (Phi) is 54.8. The number of carbonyl (C=O) groups is 4. The number of esters is 3. The fraction of sp³-hybridized carbons (Fsp3) is 0.803. The molecular formula is C71H124O12. The number of rotatable bonds is 59. The lowest BCUT2D eigenvalue weighted by Crippen LogP contribution is -2.61. The Balaban J connectivity index is 2.65. The molecular weight excluding hydrogens is 1040 g/mol. The predicted molar refractivity (Wildman–Crippen MR) is 340 cm³/mol. The third-order valence-electron chi connectivity index (χ3n) is 15.5. The van der Waals surface area contributed by atoms with Crippen molar-refractivity contribution in [2.24, 2.45) is 0 Å². The summed E-state index contributed by atoms with van der Waals surface area (Å²) in [6.45, 7) is 5.99. The van der Waals surface area contributed by atoms with Gasteiger partial charge in [-0.25, -0.2) is 4.79 Å². The molecule has 0 aromatic rings. The molecule has 1 fully saturated rings. The summed E-state index contributed by atoms with van der Waals surface area (Å²) in [5.41, 5.74) is 0. The highest BCUT2D eigenvalue weighted by Crippen LogP contribution is 2.27. The Labute approximate surface area is 506 Å². The lowest BCUT2D eigenvalue weighted by molar-refractivity contribution is -0.301. The van der Waals surface area contributed by atoms with Crippen LogP contribution in [-0.2, 0) is 42.9 Å². The lowest BCUT2D eigenvalue weighted by Gasteiger charge is -2.40. The van der Waals surface area contributed by atoms with Crippen LogP contribution in [-0.4, -0.2) is 89.2 Å². The van der Waals surface area contributed by atoms with Crippen LogP contribution in [0, 0.1) is 0 Å². The Bertz CT molecular complexity index is 1670. The first kappa shape index (κ1) is 77.4. The maximum atomic E-state index is 13.2. The quantitative estimate of drug-likeness (QED) is 0.0228. The molecule has 0 radical (unpaired) electrons. The molecule has 1 heterocycles. The number of hydrogen-bond acceptors (Lipinski definition) is 11. The summed E-state index contributed by atoms with van der Waals surface area (Å²) >= 11 is 0. The summed E-state index contributed by atoms with van der Waals surface area (Å²) in [6.07, 6.45) is 61.7. The molecule has 1 aliphatic heterocycles. The topological polar surface area (TPSA) is 175 Å². The zero-order valence-electron chi connectivity index (χ0n) is 53.2. The van der Waals surface area contributed by atoms with E-state index in [0.717, 1.165) is 109 Å². The first-order chi connectivity index (χ1) is 40.6. The van der Waals surface area contributed by atoms with Crippen LogP contribution in [0.5, 0.6) is 0 Å². The first-order valence-electron chi connectivity index (χ1n) is 34.3. The number of carboxylic acid groups (broad SMARTS) is 1. The average molecular weight is 1170 g/mol. The number of hydrogen-bond donors (Lipinski definition) is 3. The van der Waals surface area contributed by atoms with Crippen molar-refractivity contribution in [3.63, 3.8) is 0 Å². The molecule has 0 amide bonds. The summed E-state index contributed by atoms with van der Waals surface area (Å²) in [5, 5.41) is 31.6. The average Bonchev–Trinajstić information content (AvgIpc) is 3.58. The van der Waals surface area contributed by atoms with Crippen molar-refractivity contribution in [3.05, 3.63) is 60.8 Å². The molecule has 83 heavy (non-hydrogen) atoms. The van der Waals surface area contributed by atoms with E-state index in [2.05, 4.69) is 81.5 Å². The minimum atomic E-state index is -1.91. The fourth-order valence-electron chi connectivity index (χ4n) is 10.2. The maximum Gasteiger partial charge on any atom is 0.335 e. The third kappa shape index (κ3) is 48.3. The molecule has 1 aliphatic rings. The van der Waals surface area contributed by atoms with Crippen molar-refractivity contribution >= 4 is 23.9 Å². The van der Waals surface area contributed by atoms with E-state index in [4.69, 9.17) is 23.7 Å². The van der Waals surface area contributed by atoms with Gasteiger partial charge in [-0.2, -0.15) is 0 Å². The molecule has 12 heteroatoms. The van der Waals surface area contributed by atoms with Gasteiger partial charge in [-0.1, -0.05) is 248 Å². The van der Waals surface area contributed by atoms with Crippen LogP contribution >= 0.6 is 0 Å². The second kappa shape index (κ2) is 58.8. The molecule has 0 saturated carbocycles. The Hall–Kier alpha value is -3.58. The van der Waals surface area contributed by atoms with E-state index in [0.29, 0.717) is 19.3 Å². The zero-order chi connectivity index (χ0) is 60.3. The van der Waals surface area contributed by atoms with Crippen LogP contribution in [0.15, 0.2) is 60.8 Å². The molecule has 6 atom stereocenters. The SMILES string of the molecule is CCCCC/C=C\C/C=C\C/C=C\CCCCCCCCC(=O)OCC(COC1OC(C(=O)O)C(O)C(O)C1OC(=O)CCCCCCC/C=C\CCCCCCCC)OC(=O)CCCCCCCCCCC/C=C\CCCCCCCC. The van der Waals surface area contributed by atoms with Gasteiger partial charge < -0.3 is 39.0 Å². The number of aliphatic carboxylic acids is 1. The summed E-state index contributed by atoms with van der Waals surface area (Å²) in [6, 6.07) is 0. The van der Waals surface area contributed by atoms with Crippen molar-refractivity contribution in [2.45, 2.75) is 353 Å². The smallest absolute Gasteiger partial charge is 0.335 e. The molecule has 0 aliphatic carbocycles. The van der Waals surface area contributed by atoms with Gasteiger partial charge in [-0.3, -0.25) is 14.4 Å². The highest BCUT2D eigenvalue weighted by Gasteiger charge is 2.50. The molecule has 0 aromatic heterocycles. The number of ether oxygens (including phenoxy) is 5. The van der Waals surface area contributed by atoms with E-state index in [1.807, 2.05) is 0 Å². The van der Waals surface area contributed by atoms with E-state index < -0.39 is 67.3 Å². The minimum Gasteiger partial charge on any atom is -0.479 e. The summed E-state index contributed by atoms with van der Waals surface area (Å²) in [5.74, 6) is -3.13. The standard InChI is InChI=1S/C71H124O12/c1-4-7-10-13-16-19-22-25-28-30-32-34-37-39-42-45-48-51-54-57-63(72)79-60-62(81-64(73)58-55-52-49-46-43-41-38-35-33-31-29-26-23-20-17-14-11-8-5-2)61-80-71-69(67(76)66(75)68(83-71)70(77)78)82-65(74)59-56-53-50-47-44-40-36-27-24-21-18-15-12-9-6-3/h16,19,25-29,32,34,36,62,66-69,71,75-76H,4-15,17-18,20-24,30-31,33,35,37-61H2,1-3H3,(H,77,78)/b19-16-,28-25-,29-26-,34-32-,36-27-. The summed E-state index contributed by atoms with van der Waals surface area (Å²) in [4.78, 5) is 51.4. The van der Waals surface area contributed by atoms with Crippen LogP contribution in [0.1, 0.15) is 316 Å². The summed E-state index contributed by atoms with van der Waals surface area (Å²) < 4.78 is 28.6. The molecule has 6 unspecified atom stereocenters. The monoisotopic (exact) mass is 1170 g/mol. The van der Waals surface area contributed by atoms with Crippen LogP contribution in [0.25, 0.3) is 0 Å². The molecule has 0 aromatic carbocycles. The number of allylic oxidation sites excluding steroid dienone is 10. The highest BCUT2D eigenvalue weighted by molar-refractivity contribution is 5.74. The van der Waals surface area contributed by atoms with Crippen LogP contribution in [0.2, 0.25) is 0 Å². The predicted octanol–water partition coefficient (Wildman–Crippen LogP) is 18.7. The van der Waals surface area contributed by atoms with Gasteiger partial charge in [-0.05, 0) is 109 Å². The number of carbonyl (C=O) groups excluding carboxylic acids is 3. The van der Waals surface area contributed by atoms with Gasteiger partial charge in [0, 0.05) is 19.3 Å². The van der Waals surface area contributed by atoms with Gasteiger partial charge in [0.15, 0.2) is 24.6 Å². The van der Waals surface area contributed by atoms with Crippen molar-refractivity contribution in [1.82, 2.24) is 0 Å². The summed E-state index contributed by atoms with van der Waals surface area (Å²) in [7, 11) is 0. The number of carboxylic acids is 1. The normalized spacial score (nSPS) is 17.9. The van der Waals surface area contributed by atoms with E-state index in [1.54, 1.807) is 0 Å². The number of aliphatic hydroxyl groups excluding tert-OH is 2. The van der Waals surface area contributed by atoms with Crippen molar-refractivity contribution < 1.29 is 58.2 Å². The van der Waals surface area contributed by atoms with E-state index in [9.17, 15) is 34.5 Å². The number of unbranched alkanes of at least 4 members (excludes halogenated alkanes) is 35. The fourth-order valence-corrected chi connectivity index (χ4v) is 10.2. The largest absolute Gasteiger partial charge is 0.479 e. The molecule has 0 spiro atoms. The van der Waals surface area contributed by atoms with Gasteiger partial charge in [0.25, 0.3) is 0 Å². The molecule has 0 bridgehead atoms. The Morgan fingerprint density at radius 2 is 0.723 bits per heavy atom. The first-order valence-corrected chi connectivity index (χ1v) is 34.3. The second-order valence-corrected chi connectivity index (χ2v) is 23.5. The van der Waals surface area contributed by atoms with Gasteiger partial charge in [0.1, 0.15) is 18.8 Å². The molecule has 1 rings (SSSR count). The molecule has 480 valence electrons. The van der Waals surface area contributed by atoms with E-state index in [-0.39, 0.29) is 25.9 Å². The Morgan fingerprint density at radius 3 is 1.13 bits per heavy atom. The number of aliphatic hydroxyl groups is 2. The van der Waals surface area contributed by atoms with Crippen LogP contribution in [0.4, 0.5) is 0 Å². The van der Waals surface area contributed by atoms with Crippen molar-refractivity contribution in [1.29, 1.82) is 0 Å². The van der Waals surface area contributed by atoms with Gasteiger partial charge in [-0.15, -0.1) is 0 Å². The Morgan fingerprint density at radius 1 is 0.398 bits per heavy atom. The third-order valence-corrected chi connectivity index (χ3v) is 15.5.